The summed E-state index contributed by atoms with van der Waals surface area (Å²) in [5, 5.41) is 4.41. The topological polar surface area (TPSA) is 78.4 Å². The predicted octanol–water partition coefficient (Wildman–Crippen LogP) is 2.53. The van der Waals surface area contributed by atoms with Gasteiger partial charge in [-0.3, -0.25) is 4.79 Å². The summed E-state index contributed by atoms with van der Waals surface area (Å²) in [6.45, 7) is 1.20. The lowest BCUT2D eigenvalue weighted by Crippen LogP contribution is -2.20. The van der Waals surface area contributed by atoms with Crippen LogP contribution in [0.4, 0.5) is 0 Å². The van der Waals surface area contributed by atoms with Crippen molar-refractivity contribution < 1.29 is 23.7 Å². The molecule has 4 rings (SSSR count). The number of fused-ring (bicyclic) bond motifs is 2. The summed E-state index contributed by atoms with van der Waals surface area (Å²) in [7, 11) is 0. The summed E-state index contributed by atoms with van der Waals surface area (Å²) in [4.78, 5) is 12.1. The zero-order valence-electron chi connectivity index (χ0n) is 13.7. The van der Waals surface area contributed by atoms with E-state index in [1.165, 1.54) is 6.21 Å². The van der Waals surface area contributed by atoms with Gasteiger partial charge in [0.1, 0.15) is 13.2 Å². The van der Waals surface area contributed by atoms with Gasteiger partial charge < -0.3 is 18.9 Å². The molecule has 8 heteroatoms. The summed E-state index contributed by atoms with van der Waals surface area (Å²) in [5.74, 6) is 2.27. The fourth-order valence-corrected chi connectivity index (χ4v) is 2.83. The van der Waals surface area contributed by atoms with E-state index >= 15 is 0 Å². The van der Waals surface area contributed by atoms with E-state index in [2.05, 4.69) is 10.5 Å². The Bertz CT molecular complexity index is 884. The Morgan fingerprint density at radius 2 is 1.77 bits per heavy atom. The van der Waals surface area contributed by atoms with E-state index in [-0.39, 0.29) is 19.1 Å². The van der Waals surface area contributed by atoms with Crippen molar-refractivity contribution in [1.82, 2.24) is 5.43 Å². The maximum Gasteiger partial charge on any atom is 0.244 e. The van der Waals surface area contributed by atoms with Gasteiger partial charge in [-0.25, -0.2) is 5.43 Å². The van der Waals surface area contributed by atoms with Crippen molar-refractivity contribution in [1.29, 1.82) is 0 Å². The molecule has 2 aromatic carbocycles. The van der Waals surface area contributed by atoms with E-state index in [0.29, 0.717) is 46.8 Å². The number of ether oxygens (including phenoxy) is 4. The Labute approximate surface area is 154 Å². The van der Waals surface area contributed by atoms with E-state index in [4.69, 9.17) is 30.5 Å². The molecule has 0 spiro atoms. The second-order valence-corrected chi connectivity index (χ2v) is 6.08. The SMILES string of the molecule is O=C(Cc1ccc2c(c1)OCCO2)N/N=C/c1cc2c(cc1Cl)OCO2. The van der Waals surface area contributed by atoms with E-state index < -0.39 is 0 Å². The first-order valence-corrected chi connectivity index (χ1v) is 8.36. The molecule has 0 saturated heterocycles. The first kappa shape index (κ1) is 16.5. The molecule has 26 heavy (non-hydrogen) atoms. The molecule has 2 aliphatic rings. The van der Waals surface area contributed by atoms with Crippen molar-refractivity contribution >= 4 is 23.7 Å². The van der Waals surface area contributed by atoms with Crippen LogP contribution >= 0.6 is 11.6 Å². The molecule has 0 unspecified atom stereocenters. The molecule has 1 N–H and O–H groups in total. The van der Waals surface area contributed by atoms with Crippen molar-refractivity contribution in [2.24, 2.45) is 5.10 Å². The predicted molar refractivity (Wildman–Crippen MR) is 94.4 cm³/mol. The summed E-state index contributed by atoms with van der Waals surface area (Å²) in [5.41, 5.74) is 3.91. The summed E-state index contributed by atoms with van der Waals surface area (Å²) in [6.07, 6.45) is 1.63. The number of amides is 1. The molecule has 2 aliphatic heterocycles. The molecule has 2 aromatic rings. The summed E-state index contributed by atoms with van der Waals surface area (Å²) < 4.78 is 21.5. The largest absolute Gasteiger partial charge is 0.486 e. The molecule has 0 atom stereocenters. The number of benzene rings is 2. The number of hydrogen-bond acceptors (Lipinski definition) is 6. The molecule has 0 saturated carbocycles. The van der Waals surface area contributed by atoms with Gasteiger partial charge in [0.25, 0.3) is 0 Å². The van der Waals surface area contributed by atoms with Gasteiger partial charge in [-0.1, -0.05) is 17.7 Å². The van der Waals surface area contributed by atoms with Crippen LogP contribution in [-0.4, -0.2) is 32.1 Å². The molecule has 2 heterocycles. The summed E-state index contributed by atoms with van der Waals surface area (Å²) >= 11 is 6.16. The zero-order valence-corrected chi connectivity index (χ0v) is 14.4. The van der Waals surface area contributed by atoms with Gasteiger partial charge in [0.15, 0.2) is 23.0 Å². The molecule has 0 fully saturated rings. The van der Waals surface area contributed by atoms with Crippen molar-refractivity contribution in [2.45, 2.75) is 6.42 Å². The first-order chi connectivity index (χ1) is 12.7. The standard InChI is InChI=1S/C18H15ClN2O5/c19-13-8-17-16(25-10-26-17)7-12(13)9-20-21-18(22)6-11-1-2-14-15(5-11)24-4-3-23-14/h1-2,5,7-9H,3-4,6,10H2,(H,21,22)/b20-9+. The number of nitrogens with zero attached hydrogens (tertiary/aromatic N) is 1. The highest BCUT2D eigenvalue weighted by Gasteiger charge is 2.16. The third-order valence-electron chi connectivity index (χ3n) is 3.86. The third kappa shape index (κ3) is 3.52. The van der Waals surface area contributed by atoms with E-state index in [9.17, 15) is 4.79 Å². The number of carbonyl (C=O) groups is 1. The highest BCUT2D eigenvalue weighted by atomic mass is 35.5. The second-order valence-electron chi connectivity index (χ2n) is 5.67. The van der Waals surface area contributed by atoms with Crippen LogP contribution < -0.4 is 24.4 Å². The lowest BCUT2D eigenvalue weighted by Gasteiger charge is -2.18. The van der Waals surface area contributed by atoms with E-state index in [0.717, 1.165) is 5.56 Å². The molecule has 134 valence electrons. The number of rotatable bonds is 4. The molecule has 0 bridgehead atoms. The highest BCUT2D eigenvalue weighted by Crippen LogP contribution is 2.36. The van der Waals surface area contributed by atoms with Gasteiger partial charge in [0, 0.05) is 11.6 Å². The average Bonchev–Trinajstić information content (AvgIpc) is 3.09. The molecular formula is C18H15ClN2O5. The van der Waals surface area contributed by atoms with E-state index in [1.807, 2.05) is 6.07 Å². The van der Waals surface area contributed by atoms with Crippen molar-refractivity contribution in [3.05, 3.63) is 46.5 Å². The molecular weight excluding hydrogens is 360 g/mol. The average molecular weight is 375 g/mol. The van der Waals surface area contributed by atoms with Gasteiger partial charge in [-0.05, 0) is 23.8 Å². The monoisotopic (exact) mass is 374 g/mol. The Hall–Kier alpha value is -2.93. The van der Waals surface area contributed by atoms with Crippen LogP contribution in [-0.2, 0) is 11.2 Å². The van der Waals surface area contributed by atoms with Crippen LogP contribution in [0.25, 0.3) is 0 Å². The lowest BCUT2D eigenvalue weighted by atomic mass is 10.1. The number of nitrogens with one attached hydrogen (secondary N) is 1. The molecule has 1 amide bonds. The van der Waals surface area contributed by atoms with Crippen molar-refractivity contribution in [3.8, 4) is 23.0 Å². The molecule has 0 aliphatic carbocycles. The Kier molecular flexibility index (Phi) is 4.53. The molecule has 7 nitrogen and oxygen atoms in total. The number of hydrogen-bond donors (Lipinski definition) is 1. The third-order valence-corrected chi connectivity index (χ3v) is 4.18. The van der Waals surface area contributed by atoms with Crippen LogP contribution in [0, 0.1) is 0 Å². The van der Waals surface area contributed by atoms with Gasteiger partial charge >= 0.3 is 0 Å². The normalized spacial score (nSPS) is 14.5. The fourth-order valence-electron chi connectivity index (χ4n) is 2.63. The molecule has 0 aromatic heterocycles. The Morgan fingerprint density at radius 1 is 1.04 bits per heavy atom. The van der Waals surface area contributed by atoms with Gasteiger partial charge in [-0.15, -0.1) is 0 Å². The van der Waals surface area contributed by atoms with Crippen molar-refractivity contribution in [2.75, 3.05) is 20.0 Å². The van der Waals surface area contributed by atoms with E-state index in [1.54, 1.807) is 24.3 Å². The van der Waals surface area contributed by atoms with Gasteiger partial charge in [-0.2, -0.15) is 5.10 Å². The molecule has 0 radical (unpaired) electrons. The maximum absolute atomic E-state index is 12.1. The van der Waals surface area contributed by atoms with Crippen LogP contribution in [0.15, 0.2) is 35.4 Å². The number of carbonyl (C=O) groups excluding carboxylic acids is 1. The van der Waals surface area contributed by atoms with Crippen LogP contribution in [0.3, 0.4) is 0 Å². The second kappa shape index (κ2) is 7.13. The van der Waals surface area contributed by atoms with Gasteiger partial charge in [0.2, 0.25) is 12.7 Å². The minimum atomic E-state index is -0.255. The zero-order chi connectivity index (χ0) is 17.9. The number of halogens is 1. The minimum Gasteiger partial charge on any atom is -0.486 e. The van der Waals surface area contributed by atoms with Gasteiger partial charge in [0.05, 0.1) is 17.7 Å². The fraction of sp³-hybridized carbons (Fsp3) is 0.222. The highest BCUT2D eigenvalue weighted by molar-refractivity contribution is 6.33. The van der Waals surface area contributed by atoms with Crippen LogP contribution in [0.2, 0.25) is 5.02 Å². The summed E-state index contributed by atoms with van der Waals surface area (Å²) in [6, 6.07) is 8.79. The Balaban J connectivity index is 1.37. The quantitative estimate of drug-likeness (QED) is 0.657. The smallest absolute Gasteiger partial charge is 0.244 e. The van der Waals surface area contributed by atoms with Crippen LogP contribution in [0.5, 0.6) is 23.0 Å². The first-order valence-electron chi connectivity index (χ1n) is 7.98. The van der Waals surface area contributed by atoms with Crippen molar-refractivity contribution in [3.63, 3.8) is 0 Å². The maximum atomic E-state index is 12.1. The Morgan fingerprint density at radius 3 is 2.62 bits per heavy atom. The lowest BCUT2D eigenvalue weighted by molar-refractivity contribution is -0.120. The number of hydrazone groups is 1. The van der Waals surface area contributed by atoms with Crippen LogP contribution in [0.1, 0.15) is 11.1 Å². The minimum absolute atomic E-state index is 0.165.